The number of para-hydroxylation sites is 5. The summed E-state index contributed by atoms with van der Waals surface area (Å²) in [5.74, 6) is 0.876. The van der Waals surface area contributed by atoms with Gasteiger partial charge < -0.3 is 18.8 Å². The Morgan fingerprint density at radius 2 is 1.27 bits per heavy atom. The summed E-state index contributed by atoms with van der Waals surface area (Å²) in [5, 5.41) is 2.28. The fourth-order valence-corrected chi connectivity index (χ4v) is 9.23. The summed E-state index contributed by atoms with van der Waals surface area (Å²) in [6.45, 7) is 11.0. The molecule has 1 aliphatic rings. The van der Waals surface area contributed by atoms with Crippen LogP contribution in [0, 0.1) is 32.3 Å². The maximum absolute atomic E-state index is 5.01. The van der Waals surface area contributed by atoms with Crippen molar-refractivity contribution in [3.8, 4) is 17.2 Å². The van der Waals surface area contributed by atoms with E-state index in [1.54, 1.807) is 0 Å². The van der Waals surface area contributed by atoms with Gasteiger partial charge >= 0.3 is 6.98 Å². The van der Waals surface area contributed by atoms with Gasteiger partial charge in [-0.3, -0.25) is 4.57 Å². The zero-order chi connectivity index (χ0) is 41.4. The zero-order valence-corrected chi connectivity index (χ0v) is 37.5. The van der Waals surface area contributed by atoms with Gasteiger partial charge in [0.1, 0.15) is 5.82 Å². The van der Waals surface area contributed by atoms with Crippen LogP contribution in [0.5, 0.6) is 0 Å². The average Bonchev–Trinajstić information content (AvgIpc) is 3.94. The van der Waals surface area contributed by atoms with Crippen LogP contribution in [0.1, 0.15) is 37.5 Å². The third kappa shape index (κ3) is 6.37. The van der Waals surface area contributed by atoms with Crippen LogP contribution in [0.15, 0.2) is 170 Å². The predicted octanol–water partition coefficient (Wildman–Crippen LogP) is 11.4. The van der Waals surface area contributed by atoms with Crippen molar-refractivity contribution in [1.82, 2.24) is 14.1 Å². The summed E-state index contributed by atoms with van der Waals surface area (Å²) < 4.78 is 6.55. The van der Waals surface area contributed by atoms with E-state index in [1.807, 2.05) is 12.3 Å². The topological polar surface area (TPSA) is 33.1 Å². The standard InChI is InChI=1S/C54H43BN6.Pt/c1-37-18-16-19-38(2)53(37)55-60(41-22-10-7-11-23-41)50-34-45-44-26-12-13-27-46(44)59(52-32-39(30-31-56-52)54(3,4)5)49(45)35-51(50)61(55)43-25-17-24-42(33-43)58-36-57(40-20-8-6-9-21-40)47-28-14-15-29-48(47)58;/h6-32,34H,1-5H3;/q-2;. The van der Waals surface area contributed by atoms with Crippen LogP contribution in [0.25, 0.3) is 50.0 Å². The van der Waals surface area contributed by atoms with E-state index in [1.165, 1.54) is 22.2 Å². The molecule has 1 aliphatic heterocycles. The molecule has 0 saturated heterocycles. The fraction of sp³-hybridized carbons (Fsp3) is 0.111. The van der Waals surface area contributed by atoms with Crippen LogP contribution in [-0.2, 0) is 26.5 Å². The number of anilines is 4. The Hall–Kier alpha value is -6.69. The van der Waals surface area contributed by atoms with Crippen molar-refractivity contribution in [2.75, 3.05) is 9.62 Å². The van der Waals surface area contributed by atoms with Crippen molar-refractivity contribution in [2.45, 2.75) is 40.0 Å². The van der Waals surface area contributed by atoms with E-state index >= 15 is 0 Å². The monoisotopic (exact) mass is 981 g/mol. The Morgan fingerprint density at radius 1 is 0.613 bits per heavy atom. The molecule has 0 spiro atoms. The maximum atomic E-state index is 5.01. The van der Waals surface area contributed by atoms with E-state index in [-0.39, 0.29) is 33.5 Å². The number of fused-ring (bicyclic) bond motifs is 5. The second-order valence-corrected chi connectivity index (χ2v) is 17.0. The second-order valence-electron chi connectivity index (χ2n) is 17.0. The summed E-state index contributed by atoms with van der Waals surface area (Å²) in [5.41, 5.74) is 15.0. The van der Waals surface area contributed by atoms with Crippen molar-refractivity contribution < 1.29 is 25.6 Å². The van der Waals surface area contributed by atoms with Gasteiger partial charge in [-0.25, -0.2) is 4.98 Å². The first-order chi connectivity index (χ1) is 29.7. The molecule has 0 amide bonds. The minimum Gasteiger partial charge on any atom is -0.415 e. The summed E-state index contributed by atoms with van der Waals surface area (Å²) >= 11 is 0. The van der Waals surface area contributed by atoms with Gasteiger partial charge in [0.15, 0.2) is 0 Å². The van der Waals surface area contributed by atoms with Crippen LogP contribution < -0.4 is 19.7 Å². The molecule has 0 radical (unpaired) electrons. The number of rotatable bonds is 6. The molecule has 0 bridgehead atoms. The number of aryl methyl sites for hydroxylation is 2. The van der Waals surface area contributed by atoms with E-state index in [4.69, 9.17) is 4.98 Å². The third-order valence-corrected chi connectivity index (χ3v) is 12.2. The van der Waals surface area contributed by atoms with Crippen LogP contribution in [0.2, 0.25) is 0 Å². The smallest absolute Gasteiger partial charge is 0.406 e. The molecule has 0 fully saturated rings. The fourth-order valence-electron chi connectivity index (χ4n) is 9.23. The number of aromatic nitrogens is 4. The molecule has 7 aromatic carbocycles. The molecule has 8 heteroatoms. The molecule has 3 aromatic heterocycles. The van der Waals surface area contributed by atoms with Crippen LogP contribution in [0.4, 0.5) is 22.7 Å². The molecule has 304 valence electrons. The minimum absolute atomic E-state index is 0. The van der Waals surface area contributed by atoms with E-state index in [0.717, 1.165) is 72.8 Å². The minimum atomic E-state index is -0.255. The average molecular weight is 982 g/mol. The summed E-state index contributed by atoms with van der Waals surface area (Å²) in [6.07, 6.45) is 5.63. The van der Waals surface area contributed by atoms with E-state index in [2.05, 4.69) is 234 Å². The zero-order valence-electron chi connectivity index (χ0n) is 35.2. The first-order valence-corrected chi connectivity index (χ1v) is 20.9. The van der Waals surface area contributed by atoms with Gasteiger partial charge in [-0.15, -0.1) is 18.2 Å². The van der Waals surface area contributed by atoms with E-state index in [0.29, 0.717) is 0 Å². The molecule has 4 heterocycles. The predicted molar refractivity (Wildman–Crippen MR) is 251 cm³/mol. The largest absolute Gasteiger partial charge is 0.415 e. The normalized spacial score (nSPS) is 12.7. The van der Waals surface area contributed by atoms with E-state index < -0.39 is 0 Å². The molecule has 0 atom stereocenters. The second kappa shape index (κ2) is 15.3. The molecule has 0 N–H and O–H groups in total. The Labute approximate surface area is 377 Å². The number of pyridine rings is 1. The van der Waals surface area contributed by atoms with Crippen molar-refractivity contribution in [1.29, 1.82) is 0 Å². The molecule has 0 aliphatic carbocycles. The quantitative estimate of drug-likeness (QED) is 0.0946. The molecule has 6 nitrogen and oxygen atoms in total. The van der Waals surface area contributed by atoms with Crippen LogP contribution in [-0.4, -0.2) is 21.1 Å². The number of benzene rings is 7. The molecule has 10 aromatic rings. The molecular weight excluding hydrogens is 939 g/mol. The molecular formula is C54H43BN6Pt-2. The summed E-state index contributed by atoms with van der Waals surface area (Å²) in [6, 6.07) is 66.1. The van der Waals surface area contributed by atoms with Crippen molar-refractivity contribution >= 4 is 68.0 Å². The van der Waals surface area contributed by atoms with Crippen LogP contribution in [0.3, 0.4) is 0 Å². The Balaban J connectivity index is 0.00000458. The third-order valence-electron chi connectivity index (χ3n) is 12.2. The first kappa shape index (κ1) is 39.4. The van der Waals surface area contributed by atoms with Gasteiger partial charge in [0, 0.05) is 38.5 Å². The molecule has 0 unspecified atom stereocenters. The van der Waals surface area contributed by atoms with Crippen molar-refractivity contribution in [2.24, 2.45) is 0 Å². The van der Waals surface area contributed by atoms with E-state index in [9.17, 15) is 0 Å². The van der Waals surface area contributed by atoms with Gasteiger partial charge in [-0.2, -0.15) is 18.2 Å². The number of hydrogen-bond acceptors (Lipinski definition) is 3. The summed E-state index contributed by atoms with van der Waals surface area (Å²) in [4.78, 5) is 9.95. The summed E-state index contributed by atoms with van der Waals surface area (Å²) in [7, 11) is 0. The van der Waals surface area contributed by atoms with Gasteiger partial charge in [0.05, 0.1) is 16.7 Å². The maximum Gasteiger partial charge on any atom is 0.406 e. The Bertz CT molecular complexity index is 3270. The van der Waals surface area contributed by atoms with Crippen LogP contribution >= 0.6 is 0 Å². The number of nitrogens with zero attached hydrogens (tertiary/aromatic N) is 6. The molecule has 62 heavy (non-hydrogen) atoms. The van der Waals surface area contributed by atoms with Crippen molar-refractivity contribution in [3.05, 3.63) is 205 Å². The number of hydrogen-bond donors (Lipinski definition) is 0. The molecule has 0 saturated carbocycles. The number of imidazole rings is 1. The van der Waals surface area contributed by atoms with Gasteiger partial charge in [0.2, 0.25) is 0 Å². The SMILES string of the molecule is Cc1cccc(C)c1B1N(c2[c-]c(-n3[c-][n+](-c4ccccc4)c4ccccc43)ccc2)c2[c-]c3c(cc2N1c1ccccc1)c1ccccc1n3-c1cc(C(C)(C)C)ccn1.[Pt]. The van der Waals surface area contributed by atoms with Gasteiger partial charge in [-0.1, -0.05) is 157 Å². The van der Waals surface area contributed by atoms with Gasteiger partial charge in [-0.05, 0) is 83.8 Å². The molecule has 11 rings (SSSR count). The Kier molecular flexibility index (Phi) is 9.76. The Morgan fingerprint density at radius 3 is 2.03 bits per heavy atom. The first-order valence-electron chi connectivity index (χ1n) is 20.9. The van der Waals surface area contributed by atoms with Gasteiger partial charge in [0.25, 0.3) is 6.33 Å². The van der Waals surface area contributed by atoms with Crippen molar-refractivity contribution in [3.63, 3.8) is 0 Å².